The Kier molecular flexibility index (Phi) is 9.16. The van der Waals surface area contributed by atoms with Crippen LogP contribution < -0.4 is 10.6 Å². The molecule has 0 aromatic heterocycles. The predicted molar refractivity (Wildman–Crippen MR) is 92.8 cm³/mol. The van der Waals surface area contributed by atoms with E-state index in [9.17, 15) is 4.79 Å². The Morgan fingerprint density at radius 2 is 1.45 bits per heavy atom. The van der Waals surface area contributed by atoms with Crippen molar-refractivity contribution in [1.29, 1.82) is 0 Å². The van der Waals surface area contributed by atoms with Crippen molar-refractivity contribution in [2.45, 2.75) is 33.6 Å². The standard InChI is InChI=1S/C17H34N4O/c1-15(2)17(22)19-8-6-10-21-13-11-20(12-14-21)9-5-7-18-16(3)4/h15,18H,3,5-14H2,1-2,4H3,(H,19,22). The van der Waals surface area contributed by atoms with E-state index in [4.69, 9.17) is 0 Å². The first-order valence-electron chi connectivity index (χ1n) is 8.61. The lowest BCUT2D eigenvalue weighted by Crippen LogP contribution is -2.47. The minimum absolute atomic E-state index is 0.0860. The second-order valence-electron chi connectivity index (χ2n) is 6.54. The van der Waals surface area contributed by atoms with Gasteiger partial charge in [-0.3, -0.25) is 4.79 Å². The number of rotatable bonds is 10. The van der Waals surface area contributed by atoms with Crippen LogP contribution in [0.5, 0.6) is 0 Å². The van der Waals surface area contributed by atoms with Crippen molar-refractivity contribution in [2.24, 2.45) is 5.92 Å². The molecular weight excluding hydrogens is 276 g/mol. The molecule has 22 heavy (non-hydrogen) atoms. The van der Waals surface area contributed by atoms with Gasteiger partial charge in [-0.15, -0.1) is 0 Å². The summed E-state index contributed by atoms with van der Waals surface area (Å²) in [6.07, 6.45) is 2.22. The largest absolute Gasteiger partial charge is 0.389 e. The number of piperazine rings is 1. The van der Waals surface area contributed by atoms with E-state index in [0.29, 0.717) is 0 Å². The van der Waals surface area contributed by atoms with E-state index in [-0.39, 0.29) is 11.8 Å². The number of amides is 1. The highest BCUT2D eigenvalue weighted by molar-refractivity contribution is 5.77. The SMILES string of the molecule is C=C(C)NCCCN1CCN(CCCNC(=O)C(C)C)CC1. The highest BCUT2D eigenvalue weighted by Crippen LogP contribution is 2.03. The zero-order valence-corrected chi connectivity index (χ0v) is 14.7. The maximum atomic E-state index is 11.5. The van der Waals surface area contributed by atoms with E-state index < -0.39 is 0 Å². The van der Waals surface area contributed by atoms with E-state index in [1.54, 1.807) is 0 Å². The molecule has 1 saturated heterocycles. The molecular formula is C17H34N4O. The van der Waals surface area contributed by atoms with Crippen LogP contribution in [0.3, 0.4) is 0 Å². The van der Waals surface area contributed by atoms with Crippen molar-refractivity contribution >= 4 is 5.91 Å². The summed E-state index contributed by atoms with van der Waals surface area (Å²) in [6, 6.07) is 0. The zero-order chi connectivity index (χ0) is 16.4. The van der Waals surface area contributed by atoms with Gasteiger partial charge in [-0.05, 0) is 32.9 Å². The van der Waals surface area contributed by atoms with E-state index >= 15 is 0 Å². The van der Waals surface area contributed by atoms with Gasteiger partial charge in [-0.1, -0.05) is 20.4 Å². The summed E-state index contributed by atoms with van der Waals surface area (Å²) >= 11 is 0. The topological polar surface area (TPSA) is 47.6 Å². The van der Waals surface area contributed by atoms with Gasteiger partial charge < -0.3 is 20.4 Å². The molecule has 0 aromatic rings. The molecule has 128 valence electrons. The lowest BCUT2D eigenvalue weighted by molar-refractivity contribution is -0.123. The molecule has 1 aliphatic rings. The van der Waals surface area contributed by atoms with E-state index in [1.807, 2.05) is 20.8 Å². The smallest absolute Gasteiger partial charge is 0.222 e. The van der Waals surface area contributed by atoms with E-state index in [2.05, 4.69) is 27.0 Å². The Bertz CT molecular complexity index is 336. The predicted octanol–water partition coefficient (Wildman–Crippen LogP) is 1.28. The second kappa shape index (κ2) is 10.6. The molecule has 0 aromatic carbocycles. The van der Waals surface area contributed by atoms with Crippen LogP contribution in [0.15, 0.2) is 12.3 Å². The van der Waals surface area contributed by atoms with Gasteiger partial charge in [-0.2, -0.15) is 0 Å². The number of hydrogen-bond donors (Lipinski definition) is 2. The number of carbonyl (C=O) groups is 1. The average molecular weight is 310 g/mol. The molecule has 0 atom stereocenters. The van der Waals surface area contributed by atoms with Gasteiger partial charge in [0.25, 0.3) is 0 Å². The van der Waals surface area contributed by atoms with Gasteiger partial charge in [0, 0.05) is 50.9 Å². The van der Waals surface area contributed by atoms with Crippen molar-refractivity contribution in [3.63, 3.8) is 0 Å². The number of nitrogens with one attached hydrogen (secondary N) is 2. The van der Waals surface area contributed by atoms with Gasteiger partial charge in [-0.25, -0.2) is 0 Å². The fourth-order valence-electron chi connectivity index (χ4n) is 2.56. The van der Waals surface area contributed by atoms with Crippen LogP contribution in [0.2, 0.25) is 0 Å². The number of allylic oxidation sites excluding steroid dienone is 1. The third kappa shape index (κ3) is 8.39. The molecule has 5 heteroatoms. The maximum Gasteiger partial charge on any atom is 0.222 e. The van der Waals surface area contributed by atoms with E-state index in [1.165, 1.54) is 13.0 Å². The van der Waals surface area contributed by atoms with Crippen molar-refractivity contribution in [3.8, 4) is 0 Å². The summed E-state index contributed by atoms with van der Waals surface area (Å²) in [4.78, 5) is 16.5. The zero-order valence-electron chi connectivity index (χ0n) is 14.7. The fourth-order valence-corrected chi connectivity index (χ4v) is 2.56. The first kappa shape index (κ1) is 19.0. The van der Waals surface area contributed by atoms with Gasteiger partial charge in [0.2, 0.25) is 5.91 Å². The molecule has 1 fully saturated rings. The molecule has 1 heterocycles. The monoisotopic (exact) mass is 310 g/mol. The second-order valence-corrected chi connectivity index (χ2v) is 6.54. The highest BCUT2D eigenvalue weighted by Gasteiger charge is 2.15. The quantitative estimate of drug-likeness (QED) is 0.597. The van der Waals surface area contributed by atoms with Gasteiger partial charge in [0.15, 0.2) is 0 Å². The molecule has 1 aliphatic heterocycles. The first-order chi connectivity index (χ1) is 10.5. The lowest BCUT2D eigenvalue weighted by atomic mass is 10.2. The third-order valence-electron chi connectivity index (χ3n) is 4.02. The Balaban J connectivity index is 2.00. The molecule has 0 unspecified atom stereocenters. The van der Waals surface area contributed by atoms with Crippen molar-refractivity contribution in [2.75, 3.05) is 52.4 Å². The van der Waals surface area contributed by atoms with Gasteiger partial charge in [0.05, 0.1) is 0 Å². The van der Waals surface area contributed by atoms with Crippen molar-refractivity contribution in [3.05, 3.63) is 12.3 Å². The third-order valence-corrected chi connectivity index (χ3v) is 4.02. The molecule has 0 aliphatic carbocycles. The van der Waals surface area contributed by atoms with Crippen LogP contribution in [0.1, 0.15) is 33.6 Å². The average Bonchev–Trinajstić information content (AvgIpc) is 2.49. The van der Waals surface area contributed by atoms with Crippen molar-refractivity contribution in [1.82, 2.24) is 20.4 Å². The van der Waals surface area contributed by atoms with Gasteiger partial charge >= 0.3 is 0 Å². The lowest BCUT2D eigenvalue weighted by Gasteiger charge is -2.34. The van der Waals surface area contributed by atoms with Crippen LogP contribution in [0, 0.1) is 5.92 Å². The molecule has 0 spiro atoms. The normalized spacial score (nSPS) is 16.7. The molecule has 0 bridgehead atoms. The minimum Gasteiger partial charge on any atom is -0.389 e. The number of hydrogen-bond acceptors (Lipinski definition) is 4. The van der Waals surface area contributed by atoms with Crippen LogP contribution >= 0.6 is 0 Å². The Labute approximate surface area is 136 Å². The van der Waals surface area contributed by atoms with Crippen molar-refractivity contribution < 1.29 is 4.79 Å². The van der Waals surface area contributed by atoms with Crippen LogP contribution in [0.25, 0.3) is 0 Å². The minimum atomic E-state index is 0.0860. The Morgan fingerprint density at radius 1 is 1.00 bits per heavy atom. The highest BCUT2D eigenvalue weighted by atomic mass is 16.1. The summed E-state index contributed by atoms with van der Waals surface area (Å²) in [7, 11) is 0. The fraction of sp³-hybridized carbons (Fsp3) is 0.824. The van der Waals surface area contributed by atoms with Gasteiger partial charge in [0.1, 0.15) is 0 Å². The molecule has 5 nitrogen and oxygen atoms in total. The van der Waals surface area contributed by atoms with E-state index in [0.717, 1.165) is 57.9 Å². The Morgan fingerprint density at radius 3 is 1.86 bits per heavy atom. The molecule has 2 N–H and O–H groups in total. The maximum absolute atomic E-state index is 11.5. The molecule has 0 radical (unpaired) electrons. The number of carbonyl (C=O) groups excluding carboxylic acids is 1. The first-order valence-corrected chi connectivity index (χ1v) is 8.61. The molecule has 1 amide bonds. The molecule has 1 rings (SSSR count). The van der Waals surface area contributed by atoms with Crippen LogP contribution in [-0.2, 0) is 4.79 Å². The summed E-state index contributed by atoms with van der Waals surface area (Å²) in [6.45, 7) is 18.4. The Hall–Kier alpha value is -1.07. The summed E-state index contributed by atoms with van der Waals surface area (Å²) in [5, 5.41) is 6.26. The number of nitrogens with zero attached hydrogens (tertiary/aromatic N) is 2. The van der Waals surface area contributed by atoms with Crippen LogP contribution in [0.4, 0.5) is 0 Å². The van der Waals surface area contributed by atoms with Crippen LogP contribution in [-0.4, -0.2) is 68.1 Å². The summed E-state index contributed by atoms with van der Waals surface area (Å²) in [5.74, 6) is 0.246. The molecule has 0 saturated carbocycles. The summed E-state index contributed by atoms with van der Waals surface area (Å²) < 4.78 is 0. The summed E-state index contributed by atoms with van der Waals surface area (Å²) in [5.41, 5.74) is 1.05.